The molecule has 3 rings (SSSR count). The zero-order valence-corrected chi connectivity index (χ0v) is 15.2. The quantitative estimate of drug-likeness (QED) is 0.820. The van der Waals surface area contributed by atoms with Crippen molar-refractivity contribution < 1.29 is 22.7 Å². The Kier molecular flexibility index (Phi) is 5.61. The molecular weight excluding hydrogens is 344 g/mol. The number of ether oxygens (including phenoxy) is 2. The van der Waals surface area contributed by atoms with Crippen molar-refractivity contribution in [1.82, 2.24) is 9.62 Å². The molecule has 2 saturated heterocycles. The minimum atomic E-state index is -3.66. The van der Waals surface area contributed by atoms with Gasteiger partial charge in [0, 0.05) is 31.8 Å². The van der Waals surface area contributed by atoms with E-state index in [1.54, 1.807) is 6.07 Å². The summed E-state index contributed by atoms with van der Waals surface area (Å²) in [4.78, 5) is 12.4. The van der Waals surface area contributed by atoms with Crippen LogP contribution in [0.15, 0.2) is 23.1 Å². The van der Waals surface area contributed by atoms with Gasteiger partial charge in [-0.2, -0.15) is 4.31 Å². The number of carbonyl (C=O) groups is 1. The van der Waals surface area contributed by atoms with Crippen molar-refractivity contribution in [2.75, 3.05) is 33.4 Å². The smallest absolute Gasteiger partial charge is 0.251 e. The zero-order chi connectivity index (χ0) is 17.9. The number of hydrogen-bond donors (Lipinski definition) is 1. The van der Waals surface area contributed by atoms with Crippen molar-refractivity contribution in [1.29, 1.82) is 0 Å². The van der Waals surface area contributed by atoms with E-state index < -0.39 is 10.0 Å². The van der Waals surface area contributed by atoms with E-state index in [9.17, 15) is 13.2 Å². The molecule has 0 aliphatic carbocycles. The molecule has 2 aliphatic heterocycles. The highest BCUT2D eigenvalue weighted by molar-refractivity contribution is 7.89. The van der Waals surface area contributed by atoms with Gasteiger partial charge < -0.3 is 14.8 Å². The topological polar surface area (TPSA) is 84.9 Å². The molecule has 0 spiro atoms. The lowest BCUT2D eigenvalue weighted by atomic mass is 10.2. The molecule has 1 aromatic rings. The van der Waals surface area contributed by atoms with Gasteiger partial charge in [-0.05, 0) is 43.9 Å². The van der Waals surface area contributed by atoms with Crippen molar-refractivity contribution in [3.63, 3.8) is 0 Å². The third kappa shape index (κ3) is 3.96. The minimum absolute atomic E-state index is 0.0370. The monoisotopic (exact) mass is 368 g/mol. The minimum Gasteiger partial charge on any atom is -0.495 e. The lowest BCUT2D eigenvalue weighted by Crippen LogP contribution is -2.32. The van der Waals surface area contributed by atoms with Gasteiger partial charge in [-0.15, -0.1) is 0 Å². The summed E-state index contributed by atoms with van der Waals surface area (Å²) >= 11 is 0. The molecule has 0 radical (unpaired) electrons. The average molecular weight is 368 g/mol. The number of rotatable bonds is 6. The first-order chi connectivity index (χ1) is 12.0. The second-order valence-electron chi connectivity index (χ2n) is 6.32. The number of hydrogen-bond acceptors (Lipinski definition) is 5. The molecule has 25 heavy (non-hydrogen) atoms. The first-order valence-electron chi connectivity index (χ1n) is 8.60. The number of methoxy groups -OCH3 is 1. The van der Waals surface area contributed by atoms with Crippen molar-refractivity contribution in [2.24, 2.45) is 0 Å². The van der Waals surface area contributed by atoms with E-state index in [-0.39, 0.29) is 22.7 Å². The Balaban J connectivity index is 1.80. The lowest BCUT2D eigenvalue weighted by molar-refractivity contribution is 0.0857. The van der Waals surface area contributed by atoms with Crippen LogP contribution in [0.2, 0.25) is 0 Å². The van der Waals surface area contributed by atoms with Gasteiger partial charge in [-0.1, -0.05) is 0 Å². The Hall–Kier alpha value is -1.64. The molecule has 1 atom stereocenters. The predicted molar refractivity (Wildman–Crippen MR) is 92.3 cm³/mol. The molecular formula is C17H24N2O5S. The average Bonchev–Trinajstić information content (AvgIpc) is 3.32. The molecule has 138 valence electrons. The fourth-order valence-corrected chi connectivity index (χ4v) is 4.90. The molecule has 0 saturated carbocycles. The Morgan fingerprint density at radius 1 is 1.32 bits per heavy atom. The van der Waals surface area contributed by atoms with Crippen molar-refractivity contribution in [3.8, 4) is 5.75 Å². The van der Waals surface area contributed by atoms with Gasteiger partial charge in [0.25, 0.3) is 5.91 Å². The van der Waals surface area contributed by atoms with E-state index >= 15 is 0 Å². The Bertz CT molecular complexity index is 723. The maximum Gasteiger partial charge on any atom is 0.251 e. The first kappa shape index (κ1) is 18.2. The van der Waals surface area contributed by atoms with Gasteiger partial charge >= 0.3 is 0 Å². The van der Waals surface area contributed by atoms with E-state index in [1.165, 1.54) is 23.5 Å². The van der Waals surface area contributed by atoms with Crippen LogP contribution in [-0.2, 0) is 14.8 Å². The van der Waals surface area contributed by atoms with Gasteiger partial charge in [-0.3, -0.25) is 4.79 Å². The summed E-state index contributed by atoms with van der Waals surface area (Å²) in [6, 6.07) is 4.51. The normalized spacial score (nSPS) is 21.4. The molecule has 7 nitrogen and oxygen atoms in total. The van der Waals surface area contributed by atoms with Crippen LogP contribution in [0.1, 0.15) is 36.0 Å². The number of nitrogens with one attached hydrogen (secondary N) is 1. The third-order valence-electron chi connectivity index (χ3n) is 4.62. The summed E-state index contributed by atoms with van der Waals surface area (Å²) in [5.41, 5.74) is 0.302. The highest BCUT2D eigenvalue weighted by Crippen LogP contribution is 2.29. The molecule has 1 amide bonds. The van der Waals surface area contributed by atoms with Crippen LogP contribution < -0.4 is 10.1 Å². The van der Waals surface area contributed by atoms with Gasteiger partial charge in [0.15, 0.2) is 0 Å². The Morgan fingerprint density at radius 3 is 2.72 bits per heavy atom. The predicted octanol–water partition coefficient (Wildman–Crippen LogP) is 1.39. The van der Waals surface area contributed by atoms with Gasteiger partial charge in [0.05, 0.1) is 13.2 Å². The fourth-order valence-electron chi connectivity index (χ4n) is 3.20. The molecule has 2 heterocycles. The third-order valence-corrected chi connectivity index (χ3v) is 6.54. The van der Waals surface area contributed by atoms with Crippen molar-refractivity contribution in [3.05, 3.63) is 23.8 Å². The molecule has 2 aliphatic rings. The summed E-state index contributed by atoms with van der Waals surface area (Å²) in [7, 11) is -2.24. The molecule has 1 N–H and O–H groups in total. The zero-order valence-electron chi connectivity index (χ0n) is 14.4. The number of nitrogens with zero attached hydrogens (tertiary/aromatic N) is 1. The van der Waals surface area contributed by atoms with Crippen LogP contribution in [-0.4, -0.2) is 58.1 Å². The van der Waals surface area contributed by atoms with Gasteiger partial charge in [0.2, 0.25) is 10.0 Å². The summed E-state index contributed by atoms with van der Waals surface area (Å²) in [6.07, 6.45) is 3.67. The van der Waals surface area contributed by atoms with Crippen LogP contribution >= 0.6 is 0 Å². The van der Waals surface area contributed by atoms with Gasteiger partial charge in [-0.25, -0.2) is 8.42 Å². The van der Waals surface area contributed by atoms with Crippen molar-refractivity contribution >= 4 is 15.9 Å². The molecule has 2 fully saturated rings. The van der Waals surface area contributed by atoms with E-state index in [1.807, 2.05) is 0 Å². The number of carbonyl (C=O) groups excluding carboxylic acids is 1. The van der Waals surface area contributed by atoms with E-state index in [2.05, 4.69) is 5.32 Å². The Labute approximate surface area is 148 Å². The molecule has 0 unspecified atom stereocenters. The highest BCUT2D eigenvalue weighted by Gasteiger charge is 2.30. The van der Waals surface area contributed by atoms with Crippen LogP contribution in [0, 0.1) is 0 Å². The van der Waals surface area contributed by atoms with Gasteiger partial charge in [0.1, 0.15) is 10.6 Å². The van der Waals surface area contributed by atoms with E-state index in [4.69, 9.17) is 9.47 Å². The number of benzene rings is 1. The largest absolute Gasteiger partial charge is 0.495 e. The maximum atomic E-state index is 12.9. The van der Waals surface area contributed by atoms with Crippen LogP contribution in [0.5, 0.6) is 5.75 Å². The Morgan fingerprint density at radius 2 is 2.08 bits per heavy atom. The first-order valence-corrected chi connectivity index (χ1v) is 10.0. The summed E-state index contributed by atoms with van der Waals surface area (Å²) in [5.74, 6) is -0.0569. The van der Waals surface area contributed by atoms with Crippen LogP contribution in [0.4, 0.5) is 0 Å². The SMILES string of the molecule is COc1ccc(C(=O)NC[C@H]2CCCO2)cc1S(=O)(=O)N1CCCC1. The molecule has 8 heteroatoms. The van der Waals surface area contributed by atoms with Crippen LogP contribution in [0.3, 0.4) is 0 Å². The second-order valence-corrected chi connectivity index (χ2v) is 8.23. The van der Waals surface area contributed by atoms with E-state index in [0.717, 1.165) is 32.3 Å². The molecule has 1 aromatic carbocycles. The molecule has 0 bridgehead atoms. The highest BCUT2D eigenvalue weighted by atomic mass is 32.2. The number of sulfonamides is 1. The molecule has 0 aromatic heterocycles. The summed E-state index contributed by atoms with van der Waals surface area (Å²) < 4.78 is 37.8. The fraction of sp³-hybridized carbons (Fsp3) is 0.588. The van der Waals surface area contributed by atoms with Crippen LogP contribution in [0.25, 0.3) is 0 Å². The second kappa shape index (κ2) is 7.72. The van der Waals surface area contributed by atoms with E-state index in [0.29, 0.717) is 25.2 Å². The number of amides is 1. The maximum absolute atomic E-state index is 12.9. The summed E-state index contributed by atoms with van der Waals surface area (Å²) in [5, 5.41) is 2.81. The summed E-state index contributed by atoms with van der Waals surface area (Å²) in [6.45, 7) is 2.15. The standard InChI is InChI=1S/C17H24N2O5S/c1-23-15-7-6-13(17(20)18-12-14-5-4-10-24-14)11-16(15)25(21,22)19-8-2-3-9-19/h6-7,11,14H,2-5,8-10,12H2,1H3,(H,18,20)/t14-/m1/s1. The lowest BCUT2D eigenvalue weighted by Gasteiger charge is -2.18. The van der Waals surface area contributed by atoms with Crippen molar-refractivity contribution in [2.45, 2.75) is 36.7 Å².